The van der Waals surface area contributed by atoms with Crippen LogP contribution in [-0.4, -0.2) is 30.8 Å². The molecule has 24 heavy (non-hydrogen) atoms. The molecule has 2 aromatic rings. The number of hydrogen-bond acceptors (Lipinski definition) is 4. The predicted molar refractivity (Wildman–Crippen MR) is 92.4 cm³/mol. The smallest absolute Gasteiger partial charge is 0.240 e. The molecule has 5 nitrogen and oxygen atoms in total. The minimum Gasteiger partial charge on any atom is -0.493 e. The number of hydrazone groups is 1. The zero-order valence-corrected chi connectivity index (χ0v) is 14.0. The number of rotatable bonds is 4. The Morgan fingerprint density at radius 1 is 1.08 bits per heavy atom. The zero-order chi connectivity index (χ0) is 17.1. The van der Waals surface area contributed by atoms with Gasteiger partial charge in [-0.3, -0.25) is 4.79 Å². The minimum absolute atomic E-state index is 0.101. The van der Waals surface area contributed by atoms with E-state index in [4.69, 9.17) is 9.47 Å². The van der Waals surface area contributed by atoms with Crippen LogP contribution >= 0.6 is 0 Å². The molecule has 1 aliphatic rings. The van der Waals surface area contributed by atoms with Gasteiger partial charge in [0.2, 0.25) is 5.91 Å². The molecule has 0 radical (unpaired) electrons. The van der Waals surface area contributed by atoms with Gasteiger partial charge in [0.15, 0.2) is 11.5 Å². The molecule has 3 rings (SSSR count). The Morgan fingerprint density at radius 2 is 1.83 bits per heavy atom. The number of carbonyl (C=O) groups excluding carboxylic acids is 1. The normalized spacial score (nSPS) is 16.7. The third kappa shape index (κ3) is 2.85. The van der Waals surface area contributed by atoms with E-state index in [2.05, 4.69) is 5.10 Å². The Kier molecular flexibility index (Phi) is 4.51. The van der Waals surface area contributed by atoms with Gasteiger partial charge in [-0.05, 0) is 11.6 Å². The van der Waals surface area contributed by atoms with E-state index in [1.165, 1.54) is 11.9 Å². The van der Waals surface area contributed by atoms with E-state index in [9.17, 15) is 4.79 Å². The highest BCUT2D eigenvalue weighted by Gasteiger charge is 2.33. The van der Waals surface area contributed by atoms with E-state index in [0.29, 0.717) is 17.9 Å². The van der Waals surface area contributed by atoms with Crippen molar-refractivity contribution in [1.82, 2.24) is 5.01 Å². The maximum Gasteiger partial charge on any atom is 0.240 e. The summed E-state index contributed by atoms with van der Waals surface area (Å²) < 4.78 is 10.9. The van der Waals surface area contributed by atoms with Crippen molar-refractivity contribution in [2.75, 3.05) is 14.2 Å². The van der Waals surface area contributed by atoms with Crippen LogP contribution < -0.4 is 9.47 Å². The van der Waals surface area contributed by atoms with Crippen molar-refractivity contribution in [2.24, 2.45) is 5.10 Å². The van der Waals surface area contributed by atoms with Crippen LogP contribution in [0.15, 0.2) is 53.6 Å². The summed E-state index contributed by atoms with van der Waals surface area (Å²) in [7, 11) is 3.21. The molecule has 1 unspecified atom stereocenters. The van der Waals surface area contributed by atoms with Crippen LogP contribution in [0.25, 0.3) is 0 Å². The van der Waals surface area contributed by atoms with E-state index in [-0.39, 0.29) is 11.9 Å². The summed E-state index contributed by atoms with van der Waals surface area (Å²) >= 11 is 0. The highest BCUT2D eigenvalue weighted by atomic mass is 16.5. The molecule has 1 heterocycles. The van der Waals surface area contributed by atoms with Gasteiger partial charge in [-0.2, -0.15) is 5.10 Å². The van der Waals surface area contributed by atoms with E-state index >= 15 is 0 Å². The summed E-state index contributed by atoms with van der Waals surface area (Å²) in [4.78, 5) is 12.1. The number of ether oxygens (including phenoxy) is 2. The first-order chi connectivity index (χ1) is 11.7. The lowest BCUT2D eigenvalue weighted by Crippen LogP contribution is -2.24. The largest absolute Gasteiger partial charge is 0.493 e. The van der Waals surface area contributed by atoms with Gasteiger partial charge >= 0.3 is 0 Å². The summed E-state index contributed by atoms with van der Waals surface area (Å²) in [5.41, 5.74) is 2.80. The van der Waals surface area contributed by atoms with Crippen molar-refractivity contribution >= 4 is 11.6 Å². The lowest BCUT2D eigenvalue weighted by Gasteiger charge is -2.23. The number of carbonyl (C=O) groups is 1. The number of amides is 1. The Morgan fingerprint density at radius 3 is 2.46 bits per heavy atom. The summed E-state index contributed by atoms with van der Waals surface area (Å²) in [6.45, 7) is 1.52. The van der Waals surface area contributed by atoms with Crippen molar-refractivity contribution in [2.45, 2.75) is 19.4 Å². The number of para-hydroxylation sites is 1. The van der Waals surface area contributed by atoms with Crippen molar-refractivity contribution in [3.05, 3.63) is 59.7 Å². The molecule has 0 saturated carbocycles. The second-order valence-corrected chi connectivity index (χ2v) is 5.58. The summed E-state index contributed by atoms with van der Waals surface area (Å²) in [5, 5.41) is 6.08. The molecule has 2 aromatic carbocycles. The molecule has 1 aliphatic heterocycles. The molecule has 0 aliphatic carbocycles. The molecule has 1 atom stereocenters. The molecule has 1 amide bonds. The van der Waals surface area contributed by atoms with Gasteiger partial charge < -0.3 is 9.47 Å². The highest BCUT2D eigenvalue weighted by molar-refractivity contribution is 6.03. The lowest BCUT2D eigenvalue weighted by molar-refractivity contribution is -0.130. The van der Waals surface area contributed by atoms with Gasteiger partial charge in [0, 0.05) is 18.9 Å². The third-order valence-corrected chi connectivity index (χ3v) is 4.13. The zero-order valence-electron chi connectivity index (χ0n) is 14.0. The van der Waals surface area contributed by atoms with Gasteiger partial charge in [-0.25, -0.2) is 5.01 Å². The first-order valence-corrected chi connectivity index (χ1v) is 7.79. The van der Waals surface area contributed by atoms with Crippen LogP contribution in [0.1, 0.15) is 30.5 Å². The number of hydrogen-bond donors (Lipinski definition) is 0. The molecule has 5 heteroatoms. The van der Waals surface area contributed by atoms with E-state index in [1.807, 2.05) is 48.5 Å². The molecule has 0 fully saturated rings. The monoisotopic (exact) mass is 324 g/mol. The van der Waals surface area contributed by atoms with E-state index < -0.39 is 0 Å². The Bertz CT molecular complexity index is 771. The summed E-state index contributed by atoms with van der Waals surface area (Å²) in [6, 6.07) is 15.4. The number of benzene rings is 2. The van der Waals surface area contributed by atoms with Gasteiger partial charge in [0.25, 0.3) is 0 Å². The molecule has 0 bridgehead atoms. The number of methoxy groups -OCH3 is 2. The highest BCUT2D eigenvalue weighted by Crippen LogP contribution is 2.41. The fraction of sp³-hybridized carbons (Fsp3) is 0.263. The molecule has 0 spiro atoms. The van der Waals surface area contributed by atoms with Gasteiger partial charge in [-0.15, -0.1) is 0 Å². The molecule has 0 saturated heterocycles. The van der Waals surface area contributed by atoms with Crippen LogP contribution in [0.4, 0.5) is 0 Å². The Labute approximate surface area is 141 Å². The van der Waals surface area contributed by atoms with Gasteiger partial charge in [0.05, 0.1) is 26.0 Å². The quantitative estimate of drug-likeness (QED) is 0.866. The molecule has 0 aromatic heterocycles. The van der Waals surface area contributed by atoms with Crippen LogP contribution in [0.5, 0.6) is 11.5 Å². The fourth-order valence-corrected chi connectivity index (χ4v) is 3.02. The summed E-state index contributed by atoms with van der Waals surface area (Å²) in [5.74, 6) is 1.18. The second-order valence-electron chi connectivity index (χ2n) is 5.58. The Balaban J connectivity index is 2.02. The molecule has 0 N–H and O–H groups in total. The number of nitrogens with zero attached hydrogens (tertiary/aromatic N) is 2. The second kappa shape index (κ2) is 6.74. The van der Waals surface area contributed by atoms with E-state index in [0.717, 1.165) is 16.8 Å². The average molecular weight is 324 g/mol. The molecular formula is C19H20N2O3. The first-order valence-electron chi connectivity index (χ1n) is 7.79. The van der Waals surface area contributed by atoms with Gasteiger partial charge in [-0.1, -0.05) is 42.5 Å². The third-order valence-electron chi connectivity index (χ3n) is 4.13. The van der Waals surface area contributed by atoms with Crippen molar-refractivity contribution in [1.29, 1.82) is 0 Å². The van der Waals surface area contributed by atoms with E-state index in [1.54, 1.807) is 14.2 Å². The average Bonchev–Trinajstić information content (AvgIpc) is 3.07. The first kappa shape index (κ1) is 16.1. The van der Waals surface area contributed by atoms with Crippen molar-refractivity contribution in [3.63, 3.8) is 0 Å². The lowest BCUT2D eigenvalue weighted by atomic mass is 9.97. The Hall–Kier alpha value is -2.82. The summed E-state index contributed by atoms with van der Waals surface area (Å²) in [6.07, 6.45) is 0.632. The van der Waals surface area contributed by atoms with Crippen LogP contribution in [0.2, 0.25) is 0 Å². The van der Waals surface area contributed by atoms with Crippen LogP contribution in [-0.2, 0) is 4.79 Å². The van der Waals surface area contributed by atoms with Gasteiger partial charge in [0.1, 0.15) is 0 Å². The standard InChI is InChI=1S/C19H20N2O3/c1-13(22)21-17(12-16(20-21)14-8-5-4-6-9-14)15-10-7-11-18(23-2)19(15)24-3/h4-11,17H,12H2,1-3H3. The minimum atomic E-state index is -0.206. The maximum atomic E-state index is 12.1. The van der Waals surface area contributed by atoms with Crippen LogP contribution in [0.3, 0.4) is 0 Å². The molecular weight excluding hydrogens is 304 g/mol. The van der Waals surface area contributed by atoms with Crippen molar-refractivity contribution < 1.29 is 14.3 Å². The topological polar surface area (TPSA) is 51.1 Å². The van der Waals surface area contributed by atoms with Crippen molar-refractivity contribution in [3.8, 4) is 11.5 Å². The SMILES string of the molecule is COc1cccc(C2CC(c3ccccc3)=NN2C(C)=O)c1OC. The maximum absolute atomic E-state index is 12.1. The fourth-order valence-electron chi connectivity index (χ4n) is 3.02. The predicted octanol–water partition coefficient (Wildman–Crippen LogP) is 3.40. The van der Waals surface area contributed by atoms with Crippen LogP contribution in [0, 0.1) is 0 Å². The molecule has 124 valence electrons.